The minimum Gasteiger partial charge on any atom is -0.334 e. The van der Waals surface area contributed by atoms with Crippen LogP contribution in [0.15, 0.2) is 30.5 Å². The molecule has 0 spiro atoms. The van der Waals surface area contributed by atoms with Crippen LogP contribution in [-0.4, -0.2) is 9.55 Å². The van der Waals surface area contributed by atoms with Gasteiger partial charge in [0, 0.05) is 31.2 Å². The van der Waals surface area contributed by atoms with Crippen LogP contribution < -0.4 is 5.73 Å². The minimum absolute atomic E-state index is 0.513. The Morgan fingerprint density at radius 1 is 1.44 bits per heavy atom. The molecule has 0 saturated carbocycles. The van der Waals surface area contributed by atoms with E-state index in [4.69, 9.17) is 17.3 Å². The highest BCUT2D eigenvalue weighted by molar-refractivity contribution is 6.30. The first kappa shape index (κ1) is 11.2. The zero-order valence-electron chi connectivity index (χ0n) is 9.15. The van der Waals surface area contributed by atoms with Crippen LogP contribution in [0.25, 0.3) is 0 Å². The predicted octanol–water partition coefficient (Wildman–Crippen LogP) is 2.12. The van der Waals surface area contributed by atoms with Gasteiger partial charge in [0.25, 0.3) is 0 Å². The molecule has 3 nitrogen and oxygen atoms in total. The molecular weight excluding hydrogens is 222 g/mol. The maximum atomic E-state index is 5.94. The van der Waals surface area contributed by atoms with Gasteiger partial charge in [-0.05, 0) is 17.7 Å². The summed E-state index contributed by atoms with van der Waals surface area (Å²) in [6, 6.07) is 7.82. The van der Waals surface area contributed by atoms with Gasteiger partial charge >= 0.3 is 0 Å². The summed E-state index contributed by atoms with van der Waals surface area (Å²) in [5.41, 5.74) is 7.80. The fourth-order valence-electron chi connectivity index (χ4n) is 1.67. The summed E-state index contributed by atoms with van der Waals surface area (Å²) in [6.07, 6.45) is 2.59. The van der Waals surface area contributed by atoms with Crippen molar-refractivity contribution in [3.8, 4) is 0 Å². The first-order valence-electron chi connectivity index (χ1n) is 5.14. The summed E-state index contributed by atoms with van der Waals surface area (Å²) in [4.78, 5) is 4.35. The van der Waals surface area contributed by atoms with E-state index in [9.17, 15) is 0 Å². The standard InChI is InChI=1S/C12H14ClN3/c1-16-11(7-14)8-15-12(16)6-9-3-2-4-10(13)5-9/h2-5,8H,6-7,14H2,1H3. The molecule has 0 aliphatic heterocycles. The van der Waals surface area contributed by atoms with E-state index in [0.717, 1.165) is 28.5 Å². The third-order valence-electron chi connectivity index (χ3n) is 2.64. The molecule has 0 unspecified atom stereocenters. The van der Waals surface area contributed by atoms with E-state index in [1.165, 1.54) is 0 Å². The summed E-state index contributed by atoms with van der Waals surface area (Å²) >= 11 is 5.94. The molecule has 0 aliphatic carbocycles. The zero-order valence-corrected chi connectivity index (χ0v) is 9.91. The van der Waals surface area contributed by atoms with Crippen molar-refractivity contribution in [2.45, 2.75) is 13.0 Å². The van der Waals surface area contributed by atoms with Crippen molar-refractivity contribution in [3.63, 3.8) is 0 Å². The third-order valence-corrected chi connectivity index (χ3v) is 2.88. The quantitative estimate of drug-likeness (QED) is 0.886. The van der Waals surface area contributed by atoms with Gasteiger partial charge in [0.1, 0.15) is 5.82 Å². The van der Waals surface area contributed by atoms with Gasteiger partial charge in [-0.3, -0.25) is 0 Å². The van der Waals surface area contributed by atoms with E-state index in [0.29, 0.717) is 6.54 Å². The Morgan fingerprint density at radius 2 is 2.25 bits per heavy atom. The van der Waals surface area contributed by atoms with Gasteiger partial charge in [-0.2, -0.15) is 0 Å². The van der Waals surface area contributed by atoms with Gasteiger partial charge in [-0.15, -0.1) is 0 Å². The number of nitrogens with two attached hydrogens (primary N) is 1. The molecule has 0 radical (unpaired) electrons. The number of nitrogens with zero attached hydrogens (tertiary/aromatic N) is 2. The summed E-state index contributed by atoms with van der Waals surface area (Å²) in [6.45, 7) is 0.513. The highest BCUT2D eigenvalue weighted by Crippen LogP contribution is 2.14. The molecular formula is C12H14ClN3. The van der Waals surface area contributed by atoms with Crippen LogP contribution in [0.5, 0.6) is 0 Å². The lowest BCUT2D eigenvalue weighted by atomic mass is 10.1. The second kappa shape index (κ2) is 4.68. The van der Waals surface area contributed by atoms with Gasteiger partial charge in [0.15, 0.2) is 0 Å². The lowest BCUT2D eigenvalue weighted by molar-refractivity contribution is 0.767. The van der Waals surface area contributed by atoms with Gasteiger partial charge in [0.2, 0.25) is 0 Å². The van der Waals surface area contributed by atoms with Crippen LogP contribution in [0.1, 0.15) is 17.1 Å². The summed E-state index contributed by atoms with van der Waals surface area (Å²) < 4.78 is 2.03. The maximum absolute atomic E-state index is 5.94. The fraction of sp³-hybridized carbons (Fsp3) is 0.250. The topological polar surface area (TPSA) is 43.8 Å². The number of aromatic nitrogens is 2. The largest absolute Gasteiger partial charge is 0.334 e. The number of halogens is 1. The molecule has 1 aromatic heterocycles. The van der Waals surface area contributed by atoms with Crippen LogP contribution in [0.3, 0.4) is 0 Å². The average molecular weight is 236 g/mol. The van der Waals surface area contributed by atoms with E-state index in [2.05, 4.69) is 4.98 Å². The summed E-state index contributed by atoms with van der Waals surface area (Å²) in [5.74, 6) is 1.00. The number of imidazole rings is 1. The van der Waals surface area contributed by atoms with E-state index in [1.54, 1.807) is 0 Å². The normalized spacial score (nSPS) is 10.7. The number of hydrogen-bond donors (Lipinski definition) is 1. The number of hydrogen-bond acceptors (Lipinski definition) is 2. The molecule has 84 valence electrons. The van der Waals surface area contributed by atoms with Crippen LogP contribution in [0, 0.1) is 0 Å². The molecule has 0 amide bonds. The van der Waals surface area contributed by atoms with Crippen LogP contribution in [0.4, 0.5) is 0 Å². The first-order chi connectivity index (χ1) is 7.70. The molecule has 1 aromatic carbocycles. The second-order valence-corrected chi connectivity index (χ2v) is 4.17. The van der Waals surface area contributed by atoms with Crippen molar-refractivity contribution in [1.29, 1.82) is 0 Å². The molecule has 0 aliphatic rings. The maximum Gasteiger partial charge on any atom is 0.113 e. The molecule has 0 atom stereocenters. The lowest BCUT2D eigenvalue weighted by Gasteiger charge is -2.04. The van der Waals surface area contributed by atoms with Crippen molar-refractivity contribution in [1.82, 2.24) is 9.55 Å². The summed E-state index contributed by atoms with van der Waals surface area (Å²) in [5, 5.41) is 0.755. The average Bonchev–Trinajstić information content (AvgIpc) is 2.60. The fourth-order valence-corrected chi connectivity index (χ4v) is 1.88. The molecule has 16 heavy (non-hydrogen) atoms. The lowest BCUT2D eigenvalue weighted by Crippen LogP contribution is -2.06. The molecule has 2 aromatic rings. The SMILES string of the molecule is Cn1c(CN)cnc1Cc1cccc(Cl)c1. The highest BCUT2D eigenvalue weighted by atomic mass is 35.5. The van der Waals surface area contributed by atoms with Crippen molar-refractivity contribution in [2.75, 3.05) is 0 Å². The Bertz CT molecular complexity index is 491. The Balaban J connectivity index is 2.24. The van der Waals surface area contributed by atoms with E-state index >= 15 is 0 Å². The molecule has 2 rings (SSSR count). The van der Waals surface area contributed by atoms with Crippen LogP contribution >= 0.6 is 11.6 Å². The van der Waals surface area contributed by atoms with Gasteiger partial charge in [-0.1, -0.05) is 23.7 Å². The van der Waals surface area contributed by atoms with Crippen molar-refractivity contribution >= 4 is 11.6 Å². The van der Waals surface area contributed by atoms with E-state index in [-0.39, 0.29) is 0 Å². The Hall–Kier alpha value is -1.32. The molecule has 0 saturated heterocycles. The van der Waals surface area contributed by atoms with E-state index < -0.39 is 0 Å². The van der Waals surface area contributed by atoms with E-state index in [1.807, 2.05) is 42.1 Å². The van der Waals surface area contributed by atoms with Gasteiger partial charge < -0.3 is 10.3 Å². The third kappa shape index (κ3) is 2.26. The molecule has 1 heterocycles. The number of rotatable bonds is 3. The molecule has 4 heteroatoms. The Labute approximate surface area is 99.9 Å². The van der Waals surface area contributed by atoms with Crippen molar-refractivity contribution in [2.24, 2.45) is 12.8 Å². The zero-order chi connectivity index (χ0) is 11.5. The Morgan fingerprint density at radius 3 is 2.88 bits per heavy atom. The monoisotopic (exact) mass is 235 g/mol. The second-order valence-electron chi connectivity index (χ2n) is 3.74. The van der Waals surface area contributed by atoms with Crippen LogP contribution in [0.2, 0.25) is 5.02 Å². The van der Waals surface area contributed by atoms with Gasteiger partial charge in [-0.25, -0.2) is 4.98 Å². The number of benzene rings is 1. The van der Waals surface area contributed by atoms with Gasteiger partial charge in [0.05, 0.1) is 5.69 Å². The van der Waals surface area contributed by atoms with Crippen molar-refractivity contribution < 1.29 is 0 Å². The Kier molecular flexibility index (Phi) is 3.27. The summed E-state index contributed by atoms with van der Waals surface area (Å²) in [7, 11) is 1.98. The highest BCUT2D eigenvalue weighted by Gasteiger charge is 2.06. The smallest absolute Gasteiger partial charge is 0.113 e. The molecule has 0 fully saturated rings. The minimum atomic E-state index is 0.513. The predicted molar refractivity (Wildman–Crippen MR) is 65.4 cm³/mol. The molecule has 0 bridgehead atoms. The van der Waals surface area contributed by atoms with Crippen molar-refractivity contribution in [3.05, 3.63) is 52.6 Å². The first-order valence-corrected chi connectivity index (χ1v) is 5.52. The molecule has 2 N–H and O–H groups in total. The van der Waals surface area contributed by atoms with Crippen LogP contribution in [-0.2, 0) is 20.0 Å².